The molecule has 0 bridgehead atoms. The fraction of sp³-hybridized carbons (Fsp3) is 0.190. The number of hydrogen-bond acceptors (Lipinski definition) is 8. The number of H-pyrrole nitrogens is 1. The van der Waals surface area contributed by atoms with Crippen molar-refractivity contribution in [3.8, 4) is 5.88 Å². The van der Waals surface area contributed by atoms with Gasteiger partial charge in [-0.25, -0.2) is 0 Å². The molecule has 10 heteroatoms. The predicted octanol–water partition coefficient (Wildman–Crippen LogP) is 5.58. The molecular weight excluding hydrogens is 460 g/mol. The van der Waals surface area contributed by atoms with E-state index in [9.17, 15) is 5.11 Å². The molecule has 1 fully saturated rings. The SMILES string of the molecule is Oc1[nH]c2ccc(Br)cc2c1N=Nc1nc(Nc2ccccc2)nc(N2CCCC2)n1. The van der Waals surface area contributed by atoms with Gasteiger partial charge < -0.3 is 20.3 Å². The highest BCUT2D eigenvalue weighted by Gasteiger charge is 2.18. The van der Waals surface area contributed by atoms with Gasteiger partial charge in [-0.05, 0) is 43.2 Å². The first-order chi connectivity index (χ1) is 15.2. The number of azo groups is 1. The number of aromatic nitrogens is 4. The first-order valence-electron chi connectivity index (χ1n) is 9.91. The minimum atomic E-state index is -0.0618. The summed E-state index contributed by atoms with van der Waals surface area (Å²) in [6.45, 7) is 1.78. The Morgan fingerprint density at radius 1 is 1.00 bits per heavy atom. The predicted molar refractivity (Wildman–Crippen MR) is 123 cm³/mol. The van der Waals surface area contributed by atoms with Crippen LogP contribution in [0.5, 0.6) is 5.88 Å². The van der Waals surface area contributed by atoms with Crippen LogP contribution in [0.3, 0.4) is 0 Å². The number of para-hydroxylation sites is 1. The summed E-state index contributed by atoms with van der Waals surface area (Å²) in [4.78, 5) is 18.5. The Morgan fingerprint density at radius 3 is 2.61 bits per heavy atom. The number of anilines is 3. The smallest absolute Gasteiger partial charge is 0.275 e. The van der Waals surface area contributed by atoms with E-state index in [1.807, 2.05) is 48.5 Å². The molecule has 1 saturated heterocycles. The highest BCUT2D eigenvalue weighted by Crippen LogP contribution is 2.37. The van der Waals surface area contributed by atoms with Crippen LogP contribution in [0.4, 0.5) is 29.2 Å². The van der Waals surface area contributed by atoms with Crippen LogP contribution in [0.1, 0.15) is 12.8 Å². The Morgan fingerprint density at radius 2 is 1.81 bits per heavy atom. The maximum atomic E-state index is 10.3. The van der Waals surface area contributed by atoms with Gasteiger partial charge in [0.15, 0.2) is 5.69 Å². The zero-order valence-corrected chi connectivity index (χ0v) is 18.0. The van der Waals surface area contributed by atoms with Gasteiger partial charge in [0.05, 0.1) is 5.52 Å². The fourth-order valence-electron chi connectivity index (χ4n) is 3.50. The van der Waals surface area contributed by atoms with E-state index in [0.717, 1.165) is 47.0 Å². The molecular formula is C21H19BrN8O. The molecule has 9 nitrogen and oxygen atoms in total. The van der Waals surface area contributed by atoms with E-state index in [1.165, 1.54) is 0 Å². The average molecular weight is 479 g/mol. The Labute approximate surface area is 186 Å². The normalized spacial score (nSPS) is 14.0. The van der Waals surface area contributed by atoms with Gasteiger partial charge in [0.1, 0.15) is 0 Å². The zero-order chi connectivity index (χ0) is 21.2. The summed E-state index contributed by atoms with van der Waals surface area (Å²) in [5, 5.41) is 22.7. The van der Waals surface area contributed by atoms with E-state index < -0.39 is 0 Å². The monoisotopic (exact) mass is 478 g/mol. The number of aromatic hydroxyl groups is 1. The summed E-state index contributed by atoms with van der Waals surface area (Å²) in [7, 11) is 0. The molecule has 0 radical (unpaired) electrons. The molecule has 2 aromatic carbocycles. The van der Waals surface area contributed by atoms with Crippen LogP contribution in [0, 0.1) is 0 Å². The molecule has 1 aliphatic heterocycles. The Hall–Kier alpha value is -3.53. The number of benzene rings is 2. The number of aromatic amines is 1. The van der Waals surface area contributed by atoms with Gasteiger partial charge in [-0.3, -0.25) is 0 Å². The van der Waals surface area contributed by atoms with Gasteiger partial charge >= 0.3 is 0 Å². The van der Waals surface area contributed by atoms with Gasteiger partial charge in [0.2, 0.25) is 17.8 Å². The summed E-state index contributed by atoms with van der Waals surface area (Å²) < 4.78 is 0.876. The van der Waals surface area contributed by atoms with E-state index in [4.69, 9.17) is 0 Å². The second kappa shape index (κ2) is 8.31. The van der Waals surface area contributed by atoms with Gasteiger partial charge in [-0.15, -0.1) is 10.2 Å². The number of halogens is 1. The van der Waals surface area contributed by atoms with Crippen molar-refractivity contribution in [1.82, 2.24) is 19.9 Å². The van der Waals surface area contributed by atoms with E-state index in [2.05, 4.69) is 56.3 Å². The molecule has 0 saturated carbocycles. The molecule has 1 aliphatic rings. The highest BCUT2D eigenvalue weighted by molar-refractivity contribution is 9.10. The minimum absolute atomic E-state index is 0.0618. The van der Waals surface area contributed by atoms with Crippen LogP contribution in [-0.2, 0) is 0 Å². The van der Waals surface area contributed by atoms with Crippen molar-refractivity contribution in [3.05, 3.63) is 53.0 Å². The lowest BCUT2D eigenvalue weighted by atomic mass is 10.2. The molecule has 0 atom stereocenters. The zero-order valence-electron chi connectivity index (χ0n) is 16.5. The van der Waals surface area contributed by atoms with Crippen molar-refractivity contribution < 1.29 is 5.11 Å². The second-order valence-corrected chi connectivity index (χ2v) is 8.07. The van der Waals surface area contributed by atoms with Crippen LogP contribution in [-0.4, -0.2) is 38.1 Å². The van der Waals surface area contributed by atoms with Crippen LogP contribution >= 0.6 is 15.9 Å². The molecule has 0 amide bonds. The summed E-state index contributed by atoms with van der Waals surface area (Å²) in [6, 6.07) is 15.3. The van der Waals surface area contributed by atoms with E-state index >= 15 is 0 Å². The highest BCUT2D eigenvalue weighted by atomic mass is 79.9. The van der Waals surface area contributed by atoms with Crippen molar-refractivity contribution in [2.75, 3.05) is 23.3 Å². The van der Waals surface area contributed by atoms with Crippen LogP contribution in [0.2, 0.25) is 0 Å². The topological polar surface area (TPSA) is 115 Å². The van der Waals surface area contributed by atoms with Gasteiger partial charge in [0.25, 0.3) is 5.95 Å². The Balaban J connectivity index is 1.52. The van der Waals surface area contributed by atoms with Crippen LogP contribution in [0.15, 0.2) is 63.2 Å². The molecule has 3 N–H and O–H groups in total. The largest absolute Gasteiger partial charge is 0.493 e. The van der Waals surface area contributed by atoms with E-state index in [1.54, 1.807) is 0 Å². The fourth-order valence-corrected chi connectivity index (χ4v) is 3.86. The first-order valence-corrected chi connectivity index (χ1v) is 10.7. The molecule has 156 valence electrons. The average Bonchev–Trinajstić information content (AvgIpc) is 3.41. The number of hydrogen-bond donors (Lipinski definition) is 3. The Bertz CT molecular complexity index is 1250. The summed E-state index contributed by atoms with van der Waals surface area (Å²) >= 11 is 3.45. The molecule has 2 aromatic heterocycles. The van der Waals surface area contributed by atoms with E-state index in [0.29, 0.717) is 17.6 Å². The van der Waals surface area contributed by atoms with Crippen molar-refractivity contribution >= 4 is 56.1 Å². The Kier molecular flexibility index (Phi) is 5.21. The molecule has 0 spiro atoms. The van der Waals surface area contributed by atoms with E-state index in [-0.39, 0.29) is 11.8 Å². The third-order valence-corrected chi connectivity index (χ3v) is 5.48. The van der Waals surface area contributed by atoms with Crippen molar-refractivity contribution in [1.29, 1.82) is 0 Å². The summed E-state index contributed by atoms with van der Waals surface area (Å²) in [5.74, 6) is 1.06. The molecule has 4 aromatic rings. The number of nitrogens with one attached hydrogen (secondary N) is 2. The lowest BCUT2D eigenvalue weighted by Gasteiger charge is -2.15. The second-order valence-electron chi connectivity index (χ2n) is 7.16. The maximum Gasteiger partial charge on any atom is 0.275 e. The molecule has 0 aliphatic carbocycles. The molecule has 5 rings (SSSR count). The first kappa shape index (κ1) is 19.4. The minimum Gasteiger partial charge on any atom is -0.493 e. The molecule has 0 unspecified atom stereocenters. The standard InChI is InChI=1S/C21H19BrN8O/c22-13-8-9-16-15(12-13)17(18(31)24-16)28-29-20-25-19(23-14-6-2-1-3-7-14)26-21(27-20)30-10-4-5-11-30/h1-3,6-9,12,24,31H,4-5,10-11H2,(H,23,25,26,27). The summed E-state index contributed by atoms with van der Waals surface area (Å²) in [6.07, 6.45) is 2.20. The van der Waals surface area contributed by atoms with Crippen molar-refractivity contribution in [3.63, 3.8) is 0 Å². The summed E-state index contributed by atoms with van der Waals surface area (Å²) in [5.41, 5.74) is 1.95. The maximum absolute atomic E-state index is 10.3. The molecule has 31 heavy (non-hydrogen) atoms. The van der Waals surface area contributed by atoms with Gasteiger partial charge in [0, 0.05) is 28.6 Å². The number of nitrogens with zero attached hydrogens (tertiary/aromatic N) is 6. The van der Waals surface area contributed by atoms with Crippen LogP contribution < -0.4 is 10.2 Å². The van der Waals surface area contributed by atoms with Crippen molar-refractivity contribution in [2.24, 2.45) is 10.2 Å². The van der Waals surface area contributed by atoms with Gasteiger partial charge in [-0.1, -0.05) is 34.1 Å². The quantitative estimate of drug-likeness (QED) is 0.322. The molecule has 3 heterocycles. The van der Waals surface area contributed by atoms with Crippen LogP contribution in [0.25, 0.3) is 10.9 Å². The number of rotatable bonds is 5. The third kappa shape index (κ3) is 4.19. The van der Waals surface area contributed by atoms with Gasteiger partial charge in [-0.2, -0.15) is 15.0 Å². The lowest BCUT2D eigenvalue weighted by molar-refractivity contribution is 0.459. The number of fused-ring (bicyclic) bond motifs is 1. The van der Waals surface area contributed by atoms with Crippen molar-refractivity contribution in [2.45, 2.75) is 12.8 Å². The lowest BCUT2D eigenvalue weighted by Crippen LogP contribution is -2.21. The third-order valence-electron chi connectivity index (χ3n) is 4.98.